The summed E-state index contributed by atoms with van der Waals surface area (Å²) in [6, 6.07) is 4.61. The molecule has 0 aliphatic heterocycles. The largest absolute Gasteiger partial charge is 0.493 e. The summed E-state index contributed by atoms with van der Waals surface area (Å²) in [6.45, 7) is 1.36. The number of esters is 1. The molecule has 0 fully saturated rings. The molecule has 0 saturated carbocycles. The van der Waals surface area contributed by atoms with Crippen LogP contribution in [0.3, 0.4) is 0 Å². The SMILES string of the molecule is COc1cc(C(=O)OCC(=O)Nc2cc(C)nn2C)cc(OC)c1OC. The smallest absolute Gasteiger partial charge is 0.338 e. The van der Waals surface area contributed by atoms with E-state index in [4.69, 9.17) is 18.9 Å². The second kappa shape index (κ2) is 8.24. The summed E-state index contributed by atoms with van der Waals surface area (Å²) < 4.78 is 22.1. The third kappa shape index (κ3) is 4.24. The number of hydrogen-bond acceptors (Lipinski definition) is 7. The molecule has 1 aromatic carbocycles. The molecule has 2 rings (SSSR count). The summed E-state index contributed by atoms with van der Waals surface area (Å²) in [7, 11) is 6.04. The van der Waals surface area contributed by atoms with E-state index in [1.165, 1.54) is 38.1 Å². The van der Waals surface area contributed by atoms with Crippen molar-refractivity contribution in [2.75, 3.05) is 33.3 Å². The highest BCUT2D eigenvalue weighted by Crippen LogP contribution is 2.38. The number of benzene rings is 1. The lowest BCUT2D eigenvalue weighted by atomic mass is 10.2. The van der Waals surface area contributed by atoms with Crippen molar-refractivity contribution in [2.45, 2.75) is 6.92 Å². The minimum atomic E-state index is -0.694. The Balaban J connectivity index is 2.05. The molecule has 9 heteroatoms. The molecule has 140 valence electrons. The lowest BCUT2D eigenvalue weighted by molar-refractivity contribution is -0.119. The van der Waals surface area contributed by atoms with Crippen molar-refractivity contribution in [2.24, 2.45) is 7.05 Å². The Morgan fingerprint density at radius 1 is 1.08 bits per heavy atom. The molecule has 0 radical (unpaired) electrons. The number of rotatable bonds is 7. The van der Waals surface area contributed by atoms with Gasteiger partial charge in [0.15, 0.2) is 18.1 Å². The van der Waals surface area contributed by atoms with Gasteiger partial charge in [0.05, 0.1) is 32.6 Å². The summed E-state index contributed by atoms with van der Waals surface area (Å²) in [4.78, 5) is 24.2. The van der Waals surface area contributed by atoms with Gasteiger partial charge in [0.1, 0.15) is 5.82 Å². The van der Waals surface area contributed by atoms with Crippen molar-refractivity contribution in [3.05, 3.63) is 29.5 Å². The molecule has 0 aliphatic carbocycles. The molecule has 0 atom stereocenters. The van der Waals surface area contributed by atoms with E-state index in [1.54, 1.807) is 20.0 Å². The van der Waals surface area contributed by atoms with Crippen LogP contribution in [0, 0.1) is 6.92 Å². The van der Waals surface area contributed by atoms with E-state index in [2.05, 4.69) is 10.4 Å². The number of hydrogen-bond donors (Lipinski definition) is 1. The monoisotopic (exact) mass is 363 g/mol. The zero-order valence-electron chi connectivity index (χ0n) is 15.3. The standard InChI is InChI=1S/C17H21N3O6/c1-10-6-14(20(2)19-10)18-15(21)9-26-17(22)11-7-12(23-3)16(25-5)13(8-11)24-4/h6-8H,9H2,1-5H3,(H,18,21). The molecule has 0 unspecified atom stereocenters. The van der Waals surface area contributed by atoms with Crippen molar-refractivity contribution in [1.82, 2.24) is 9.78 Å². The minimum absolute atomic E-state index is 0.170. The van der Waals surface area contributed by atoms with Crippen LogP contribution in [0.5, 0.6) is 17.2 Å². The van der Waals surface area contributed by atoms with Crippen LogP contribution in [0.4, 0.5) is 5.82 Å². The molecular formula is C17H21N3O6. The number of anilines is 1. The number of carbonyl (C=O) groups is 2. The highest BCUT2D eigenvalue weighted by atomic mass is 16.5. The quantitative estimate of drug-likeness (QED) is 0.745. The number of nitrogens with zero attached hydrogens (tertiary/aromatic N) is 2. The summed E-state index contributed by atoms with van der Waals surface area (Å²) in [5.41, 5.74) is 0.931. The Kier molecular flexibility index (Phi) is 6.05. The highest BCUT2D eigenvalue weighted by molar-refractivity contribution is 5.95. The van der Waals surface area contributed by atoms with Crippen LogP contribution < -0.4 is 19.5 Å². The number of amides is 1. The zero-order valence-corrected chi connectivity index (χ0v) is 15.3. The van der Waals surface area contributed by atoms with Crippen LogP contribution in [-0.4, -0.2) is 49.6 Å². The maximum atomic E-state index is 12.2. The topological polar surface area (TPSA) is 101 Å². The summed E-state index contributed by atoms with van der Waals surface area (Å²) in [5, 5.41) is 6.73. The van der Waals surface area contributed by atoms with Crippen LogP contribution >= 0.6 is 0 Å². The van der Waals surface area contributed by atoms with Crippen LogP contribution in [0.2, 0.25) is 0 Å². The van der Waals surface area contributed by atoms with Crippen molar-refractivity contribution >= 4 is 17.7 Å². The fraction of sp³-hybridized carbons (Fsp3) is 0.353. The second-order valence-corrected chi connectivity index (χ2v) is 5.33. The Bertz CT molecular complexity index is 790. The molecule has 2 aromatic rings. The van der Waals surface area contributed by atoms with Crippen molar-refractivity contribution in [3.63, 3.8) is 0 Å². The van der Waals surface area contributed by atoms with Gasteiger partial charge < -0.3 is 24.3 Å². The van der Waals surface area contributed by atoms with Gasteiger partial charge in [-0.05, 0) is 19.1 Å². The number of aromatic nitrogens is 2. The molecule has 26 heavy (non-hydrogen) atoms. The van der Waals surface area contributed by atoms with Crippen LogP contribution in [0.1, 0.15) is 16.1 Å². The van der Waals surface area contributed by atoms with E-state index in [0.717, 1.165) is 5.69 Å². The summed E-state index contributed by atoms with van der Waals surface area (Å²) in [6.07, 6.45) is 0. The Morgan fingerprint density at radius 3 is 2.15 bits per heavy atom. The molecule has 0 spiro atoms. The number of nitrogens with one attached hydrogen (secondary N) is 1. The first-order chi connectivity index (χ1) is 12.4. The van der Waals surface area contributed by atoms with Gasteiger partial charge in [0.2, 0.25) is 5.75 Å². The van der Waals surface area contributed by atoms with Gasteiger partial charge in [-0.15, -0.1) is 0 Å². The normalized spacial score (nSPS) is 10.2. The fourth-order valence-corrected chi connectivity index (χ4v) is 2.32. The highest BCUT2D eigenvalue weighted by Gasteiger charge is 2.19. The van der Waals surface area contributed by atoms with E-state index in [1.807, 2.05) is 0 Å². The molecule has 9 nitrogen and oxygen atoms in total. The molecule has 0 bridgehead atoms. The van der Waals surface area contributed by atoms with Crippen LogP contribution in [0.15, 0.2) is 18.2 Å². The number of aryl methyl sites for hydroxylation is 2. The van der Waals surface area contributed by atoms with Crippen LogP contribution in [0.25, 0.3) is 0 Å². The number of methoxy groups -OCH3 is 3. The van der Waals surface area contributed by atoms with Gasteiger partial charge >= 0.3 is 5.97 Å². The van der Waals surface area contributed by atoms with E-state index in [9.17, 15) is 9.59 Å². The van der Waals surface area contributed by atoms with E-state index in [0.29, 0.717) is 23.1 Å². The summed E-state index contributed by atoms with van der Waals surface area (Å²) in [5.74, 6) is 0.323. The van der Waals surface area contributed by atoms with Crippen molar-refractivity contribution in [3.8, 4) is 17.2 Å². The first-order valence-corrected chi connectivity index (χ1v) is 7.67. The fourth-order valence-electron chi connectivity index (χ4n) is 2.32. The molecule has 0 saturated heterocycles. The predicted octanol–water partition coefficient (Wildman–Crippen LogP) is 1.55. The van der Waals surface area contributed by atoms with Gasteiger partial charge in [-0.3, -0.25) is 9.48 Å². The van der Waals surface area contributed by atoms with Gasteiger partial charge in [0, 0.05) is 13.1 Å². The van der Waals surface area contributed by atoms with Gasteiger partial charge in [-0.2, -0.15) is 5.10 Å². The Morgan fingerprint density at radius 2 is 1.69 bits per heavy atom. The first kappa shape index (κ1) is 19.1. The number of carbonyl (C=O) groups excluding carboxylic acids is 2. The Labute approximate surface area is 150 Å². The molecule has 1 aromatic heterocycles. The average molecular weight is 363 g/mol. The lowest BCUT2D eigenvalue weighted by Crippen LogP contribution is -2.22. The van der Waals surface area contributed by atoms with E-state index in [-0.39, 0.29) is 5.56 Å². The summed E-state index contributed by atoms with van der Waals surface area (Å²) >= 11 is 0. The minimum Gasteiger partial charge on any atom is -0.493 e. The van der Waals surface area contributed by atoms with Crippen molar-refractivity contribution in [1.29, 1.82) is 0 Å². The van der Waals surface area contributed by atoms with Crippen LogP contribution in [-0.2, 0) is 16.6 Å². The van der Waals surface area contributed by atoms with E-state index >= 15 is 0 Å². The second-order valence-electron chi connectivity index (χ2n) is 5.33. The third-order valence-electron chi connectivity index (χ3n) is 3.50. The maximum Gasteiger partial charge on any atom is 0.338 e. The molecular weight excluding hydrogens is 342 g/mol. The molecule has 1 amide bonds. The van der Waals surface area contributed by atoms with Gasteiger partial charge in [0.25, 0.3) is 5.91 Å². The van der Waals surface area contributed by atoms with Gasteiger partial charge in [-0.25, -0.2) is 4.79 Å². The molecule has 0 aliphatic rings. The lowest BCUT2D eigenvalue weighted by Gasteiger charge is -2.13. The molecule has 1 heterocycles. The zero-order chi connectivity index (χ0) is 19.3. The maximum absolute atomic E-state index is 12.2. The molecule has 1 N–H and O–H groups in total. The predicted molar refractivity (Wildman–Crippen MR) is 93.0 cm³/mol. The third-order valence-corrected chi connectivity index (χ3v) is 3.50. The number of ether oxygens (including phenoxy) is 4. The van der Waals surface area contributed by atoms with E-state index < -0.39 is 18.5 Å². The Hall–Kier alpha value is -3.23. The van der Waals surface area contributed by atoms with Crippen molar-refractivity contribution < 1.29 is 28.5 Å². The van der Waals surface area contributed by atoms with Gasteiger partial charge in [-0.1, -0.05) is 0 Å². The first-order valence-electron chi connectivity index (χ1n) is 7.67. The average Bonchev–Trinajstić information content (AvgIpc) is 2.95.